The van der Waals surface area contributed by atoms with Crippen LogP contribution in [0.4, 0.5) is 18.0 Å². The van der Waals surface area contributed by atoms with Crippen LogP contribution in [0.15, 0.2) is 42.0 Å². The Bertz CT molecular complexity index is 1050. The molecule has 2 amide bonds. The van der Waals surface area contributed by atoms with Gasteiger partial charge in [0, 0.05) is 18.5 Å². The Hall–Kier alpha value is -3.08. The third kappa shape index (κ3) is 7.47. The van der Waals surface area contributed by atoms with E-state index in [2.05, 4.69) is 5.32 Å². The average molecular weight is 522 g/mol. The van der Waals surface area contributed by atoms with E-state index >= 15 is 0 Å². The molecule has 0 bridgehead atoms. The molecule has 200 valence electrons. The van der Waals surface area contributed by atoms with Crippen LogP contribution in [-0.4, -0.2) is 94.8 Å². The van der Waals surface area contributed by atoms with Gasteiger partial charge in [-0.15, -0.1) is 0 Å². The molecule has 2 heterocycles. The van der Waals surface area contributed by atoms with Gasteiger partial charge in [0.25, 0.3) is 11.8 Å². The summed E-state index contributed by atoms with van der Waals surface area (Å²) in [4.78, 5) is 27.8. The van der Waals surface area contributed by atoms with Crippen LogP contribution in [0.5, 0.6) is 0 Å². The minimum atomic E-state index is -2.85. The van der Waals surface area contributed by atoms with Gasteiger partial charge in [0.15, 0.2) is 12.3 Å². The number of alkyl carbamates (subject to hydrolysis) is 1. The van der Waals surface area contributed by atoms with E-state index in [1.54, 1.807) is 50.2 Å². The van der Waals surface area contributed by atoms with Crippen molar-refractivity contribution in [3.05, 3.63) is 47.5 Å². The Kier molecular flexibility index (Phi) is 8.89. The largest absolute Gasteiger partial charge is 0.475 e. The van der Waals surface area contributed by atoms with E-state index in [9.17, 15) is 38.1 Å². The summed E-state index contributed by atoms with van der Waals surface area (Å²) in [6.45, 7) is 2.04. The molecule has 1 aromatic carbocycles. The zero-order valence-electron chi connectivity index (χ0n) is 20.6. The topological polar surface area (TPSA) is 126 Å². The predicted octanol–water partition coefficient (Wildman–Crippen LogP) is 1.45. The summed E-state index contributed by atoms with van der Waals surface area (Å²) in [5.74, 6) is -4.78. The number of carbonyl (C=O) groups excluding carboxylic acids is 2. The Morgan fingerprint density at radius 3 is 2.57 bits per heavy atom. The monoisotopic (exact) mass is 522 g/mol. The summed E-state index contributed by atoms with van der Waals surface area (Å²) >= 11 is 0. The molecule has 1 unspecified atom stereocenters. The van der Waals surface area contributed by atoms with Crippen molar-refractivity contribution in [3.63, 3.8) is 0 Å². The highest BCUT2D eigenvalue weighted by Crippen LogP contribution is 2.33. The first-order valence-corrected chi connectivity index (χ1v) is 11.9. The lowest BCUT2D eigenvalue weighted by Crippen LogP contribution is -2.49. The number of amides is 2. The number of rotatable bonds is 8. The van der Waals surface area contributed by atoms with Gasteiger partial charge in [-0.1, -0.05) is 30.3 Å². The lowest BCUT2D eigenvalue weighted by atomic mass is 9.76. The Morgan fingerprint density at radius 1 is 1.32 bits per heavy atom. The SMILES string of the molecule is CC(C)(C=C(C#N)C(=O)N1C[C@H](OC(=O)NC(Cc2ccccc2)B(O)O)[C@@H](F)C1)N1CCC(F)(F)C1. The number of halogens is 3. The molecule has 0 aliphatic carbocycles. The fourth-order valence-corrected chi connectivity index (χ4v) is 4.42. The number of alkyl halides is 3. The van der Waals surface area contributed by atoms with Gasteiger partial charge < -0.3 is 25.0 Å². The Morgan fingerprint density at radius 2 is 2.00 bits per heavy atom. The molecule has 0 spiro atoms. The van der Waals surface area contributed by atoms with Gasteiger partial charge in [0.2, 0.25) is 0 Å². The van der Waals surface area contributed by atoms with Crippen molar-refractivity contribution in [3.8, 4) is 6.07 Å². The lowest BCUT2D eigenvalue weighted by Gasteiger charge is -2.33. The van der Waals surface area contributed by atoms with Crippen LogP contribution in [0.1, 0.15) is 25.8 Å². The first kappa shape index (κ1) is 28.5. The van der Waals surface area contributed by atoms with Gasteiger partial charge >= 0.3 is 13.2 Å². The van der Waals surface area contributed by atoms with Crippen LogP contribution >= 0.6 is 0 Å². The van der Waals surface area contributed by atoms with Crippen molar-refractivity contribution in [1.82, 2.24) is 15.1 Å². The number of benzene rings is 1. The average Bonchev–Trinajstić information content (AvgIpc) is 3.39. The number of likely N-dealkylation sites (tertiary alicyclic amines) is 2. The second kappa shape index (κ2) is 11.5. The van der Waals surface area contributed by atoms with E-state index < -0.39 is 61.9 Å². The molecule has 0 radical (unpaired) electrons. The molecule has 13 heteroatoms. The van der Waals surface area contributed by atoms with E-state index in [0.717, 1.165) is 10.5 Å². The highest BCUT2D eigenvalue weighted by atomic mass is 19.3. The molecule has 1 aromatic rings. The molecule has 2 fully saturated rings. The maximum Gasteiger partial charge on any atom is 0.475 e. The molecule has 0 aromatic heterocycles. The summed E-state index contributed by atoms with van der Waals surface area (Å²) in [6, 6.07) is 10.5. The first-order valence-electron chi connectivity index (χ1n) is 11.9. The number of carbonyl (C=O) groups is 2. The summed E-state index contributed by atoms with van der Waals surface area (Å²) in [5.41, 5.74) is -0.633. The van der Waals surface area contributed by atoms with E-state index in [-0.39, 0.29) is 31.5 Å². The van der Waals surface area contributed by atoms with Crippen LogP contribution in [0.3, 0.4) is 0 Å². The van der Waals surface area contributed by atoms with Gasteiger partial charge in [-0.05, 0) is 31.9 Å². The quantitative estimate of drug-likeness (QED) is 0.268. The van der Waals surface area contributed by atoms with Gasteiger partial charge in [-0.25, -0.2) is 18.0 Å². The van der Waals surface area contributed by atoms with Crippen LogP contribution in [-0.2, 0) is 16.0 Å². The summed E-state index contributed by atoms with van der Waals surface area (Å²) in [7, 11) is -1.90. The third-order valence-corrected chi connectivity index (χ3v) is 6.54. The van der Waals surface area contributed by atoms with Crippen molar-refractivity contribution < 1.29 is 37.5 Å². The van der Waals surface area contributed by atoms with Crippen LogP contribution in [0.25, 0.3) is 0 Å². The zero-order valence-corrected chi connectivity index (χ0v) is 20.6. The smallest absolute Gasteiger partial charge is 0.441 e. The van der Waals surface area contributed by atoms with Gasteiger partial charge in [0.1, 0.15) is 11.6 Å². The summed E-state index contributed by atoms with van der Waals surface area (Å²) < 4.78 is 47.1. The zero-order chi connectivity index (χ0) is 27.4. The maximum atomic E-state index is 14.6. The van der Waals surface area contributed by atoms with Crippen LogP contribution < -0.4 is 5.32 Å². The molecule has 3 atom stereocenters. The maximum absolute atomic E-state index is 14.6. The molecule has 2 aliphatic heterocycles. The van der Waals surface area contributed by atoms with Crippen molar-refractivity contribution >= 4 is 19.1 Å². The van der Waals surface area contributed by atoms with Gasteiger partial charge in [-0.3, -0.25) is 9.69 Å². The summed E-state index contributed by atoms with van der Waals surface area (Å²) in [6.07, 6.45) is -3.13. The van der Waals surface area contributed by atoms with Crippen LogP contribution in [0.2, 0.25) is 0 Å². The molecule has 3 N–H and O–H groups in total. The fourth-order valence-electron chi connectivity index (χ4n) is 4.42. The number of nitriles is 1. The minimum Gasteiger partial charge on any atom is -0.441 e. The standard InChI is InChI=1S/C24H30BF3N4O5/c1-23(2,32-9-8-24(27,28)15-32)11-17(12-29)21(33)31-13-18(26)19(14-31)37-22(34)30-20(25(35)36)10-16-6-4-3-5-7-16/h3-7,11,18-20,35-36H,8-10,13-15H2,1-2H3,(H,30,34)/t18-,19-,20?/m0/s1. The molecule has 37 heavy (non-hydrogen) atoms. The van der Waals surface area contributed by atoms with Crippen LogP contribution in [0, 0.1) is 11.3 Å². The molecule has 9 nitrogen and oxygen atoms in total. The first-order chi connectivity index (χ1) is 17.3. The molecule has 2 aliphatic rings. The van der Waals surface area contributed by atoms with E-state index in [0.29, 0.717) is 0 Å². The minimum absolute atomic E-state index is 0.0804. The molecule has 3 rings (SSSR count). The molecule has 0 saturated carbocycles. The van der Waals surface area contributed by atoms with Gasteiger partial charge in [0.05, 0.1) is 25.6 Å². The molecular weight excluding hydrogens is 492 g/mol. The third-order valence-electron chi connectivity index (χ3n) is 6.54. The highest BCUT2D eigenvalue weighted by molar-refractivity contribution is 6.43. The van der Waals surface area contributed by atoms with E-state index in [1.807, 2.05) is 0 Å². The highest BCUT2D eigenvalue weighted by Gasteiger charge is 2.44. The number of hydrogen-bond acceptors (Lipinski definition) is 7. The van der Waals surface area contributed by atoms with Crippen molar-refractivity contribution in [2.75, 3.05) is 26.2 Å². The second-order valence-corrected chi connectivity index (χ2v) is 9.88. The van der Waals surface area contributed by atoms with E-state index in [4.69, 9.17) is 4.74 Å². The van der Waals surface area contributed by atoms with E-state index in [1.165, 1.54) is 11.0 Å². The van der Waals surface area contributed by atoms with Crippen molar-refractivity contribution in [2.24, 2.45) is 0 Å². The Balaban J connectivity index is 1.61. The number of nitrogens with one attached hydrogen (secondary N) is 1. The van der Waals surface area contributed by atoms with Crippen molar-refractivity contribution in [1.29, 1.82) is 5.26 Å². The fraction of sp³-hybridized carbons (Fsp3) is 0.542. The van der Waals surface area contributed by atoms with Gasteiger partial charge in [-0.2, -0.15) is 5.26 Å². The number of hydrogen-bond donors (Lipinski definition) is 3. The molecular formula is C24H30BF3N4O5. The lowest BCUT2D eigenvalue weighted by molar-refractivity contribution is -0.126. The summed E-state index contributed by atoms with van der Waals surface area (Å²) in [5, 5.41) is 31.1. The molecule has 2 saturated heterocycles. The van der Waals surface area contributed by atoms with Crippen molar-refractivity contribution in [2.45, 2.75) is 56.4 Å². The second-order valence-electron chi connectivity index (χ2n) is 9.88. The Labute approximate surface area is 213 Å². The predicted molar refractivity (Wildman–Crippen MR) is 128 cm³/mol. The normalized spacial score (nSPS) is 22.9. The number of ether oxygens (including phenoxy) is 1. The number of nitrogens with zero attached hydrogens (tertiary/aromatic N) is 3.